The maximum Gasteiger partial charge on any atom is 0.138 e. The Morgan fingerprint density at radius 3 is 1.58 bits per heavy atom. The van der Waals surface area contributed by atoms with Crippen LogP contribution in [0.25, 0.3) is 0 Å². The van der Waals surface area contributed by atoms with E-state index in [0.29, 0.717) is 5.78 Å². The number of carbonyl (C=O) groups excluding carboxylic acids is 1. The highest BCUT2D eigenvalue weighted by Crippen LogP contribution is 2.22. The lowest BCUT2D eigenvalue weighted by molar-refractivity contribution is -0.126. The molecule has 0 aromatic carbocycles. The molecule has 150 valence electrons. The van der Waals surface area contributed by atoms with Crippen molar-refractivity contribution in [2.45, 2.75) is 107 Å². The number of unbranched alkanes of at least 4 members (excludes halogenated alkanes) is 2. The van der Waals surface area contributed by atoms with Crippen LogP contribution in [-0.4, -0.2) is 30.3 Å². The molecule has 0 heterocycles. The minimum absolute atomic E-state index is 0. The summed E-state index contributed by atoms with van der Waals surface area (Å²) in [5.74, 6) is 0.384. The summed E-state index contributed by atoms with van der Waals surface area (Å²) < 4.78 is 0. The predicted octanol–water partition coefficient (Wildman–Crippen LogP) is 6.94. The second-order valence-electron chi connectivity index (χ2n) is 8.30. The first-order valence-corrected chi connectivity index (χ1v) is 11.2. The minimum atomic E-state index is -0.132. The van der Waals surface area contributed by atoms with Gasteiger partial charge in [-0.3, -0.25) is 4.79 Å². The fraction of sp³-hybridized carbons (Fsp3) is 0.952. The van der Waals surface area contributed by atoms with E-state index in [2.05, 4.69) is 47.9 Å². The molecule has 1 N–H and O–H groups in total. The lowest BCUT2D eigenvalue weighted by Crippen LogP contribution is -2.25. The van der Waals surface area contributed by atoms with Gasteiger partial charge in [0.25, 0.3) is 0 Å². The molecule has 0 rings (SSSR count). The van der Waals surface area contributed by atoms with Crippen molar-refractivity contribution >= 4 is 14.4 Å². The first kappa shape index (κ1) is 31.8. The summed E-state index contributed by atoms with van der Waals surface area (Å²) in [6, 6.07) is 0. The lowest BCUT2D eigenvalue weighted by atomic mass is 9.86. The number of rotatable bonds is 6. The van der Waals surface area contributed by atoms with Gasteiger partial charge in [-0.05, 0) is 31.6 Å². The fourth-order valence-corrected chi connectivity index (χ4v) is 1.54. The molecule has 24 heavy (non-hydrogen) atoms. The van der Waals surface area contributed by atoms with Gasteiger partial charge in [0.05, 0.1) is 6.10 Å². The molecule has 1 atom stereocenters. The van der Waals surface area contributed by atoms with Gasteiger partial charge in [-0.15, -0.1) is 8.58 Å². The highest BCUT2D eigenvalue weighted by molar-refractivity contribution is 7.35. The monoisotopic (exact) mass is 364 g/mol. The van der Waals surface area contributed by atoms with E-state index in [4.69, 9.17) is 0 Å². The van der Waals surface area contributed by atoms with Gasteiger partial charge in [-0.25, -0.2) is 0 Å². The second-order valence-corrected chi connectivity index (χ2v) is 9.30. The highest BCUT2D eigenvalue weighted by Gasteiger charge is 2.20. The molecule has 0 saturated carbocycles. The second kappa shape index (κ2) is 17.9. The van der Waals surface area contributed by atoms with Gasteiger partial charge in [0, 0.05) is 11.8 Å². The Morgan fingerprint density at radius 2 is 1.33 bits per heavy atom. The van der Waals surface area contributed by atoms with Crippen molar-refractivity contribution in [3.8, 4) is 0 Å². The van der Waals surface area contributed by atoms with E-state index in [1.54, 1.807) is 0 Å². The van der Waals surface area contributed by atoms with Crippen LogP contribution >= 0.6 is 8.58 Å². The molecule has 0 spiro atoms. The zero-order valence-electron chi connectivity index (χ0n) is 17.7. The Hall–Kier alpha value is 0.0600. The molecule has 3 heteroatoms. The smallest absolute Gasteiger partial charge is 0.138 e. The quantitative estimate of drug-likeness (QED) is 0.518. The van der Waals surface area contributed by atoms with Crippen LogP contribution in [0.3, 0.4) is 0 Å². The summed E-state index contributed by atoms with van der Waals surface area (Å²) in [7, 11) is 1.08. The third kappa shape index (κ3) is 24.3. The number of aliphatic hydroxyl groups excluding tert-OH is 1. The van der Waals surface area contributed by atoms with Crippen LogP contribution in [0.2, 0.25) is 0 Å². The van der Waals surface area contributed by atoms with Crippen molar-refractivity contribution in [1.29, 1.82) is 0 Å². The van der Waals surface area contributed by atoms with E-state index in [-0.39, 0.29) is 24.4 Å². The first-order chi connectivity index (χ1) is 10.4. The van der Waals surface area contributed by atoms with Crippen molar-refractivity contribution in [3.63, 3.8) is 0 Å². The van der Waals surface area contributed by atoms with Gasteiger partial charge in [-0.2, -0.15) is 0 Å². The Morgan fingerprint density at radius 1 is 0.958 bits per heavy atom. The molecule has 0 aromatic rings. The maximum absolute atomic E-state index is 11.2. The maximum atomic E-state index is 11.2. The van der Waals surface area contributed by atoms with E-state index in [0.717, 1.165) is 40.7 Å². The van der Waals surface area contributed by atoms with Gasteiger partial charge in [-0.1, -0.05) is 82.1 Å². The molecule has 0 radical (unpaired) electrons. The van der Waals surface area contributed by atoms with Crippen LogP contribution in [-0.2, 0) is 4.79 Å². The van der Waals surface area contributed by atoms with Gasteiger partial charge in [0.15, 0.2) is 0 Å². The molecule has 0 bridgehead atoms. The van der Waals surface area contributed by atoms with Crippen molar-refractivity contribution in [1.82, 2.24) is 0 Å². The number of ketones is 1. The van der Waals surface area contributed by atoms with Crippen molar-refractivity contribution in [3.05, 3.63) is 0 Å². The largest absolute Gasteiger partial charge is 0.393 e. The van der Waals surface area contributed by atoms with Crippen LogP contribution in [0, 0.1) is 10.8 Å². The third-order valence-corrected chi connectivity index (χ3v) is 3.42. The van der Waals surface area contributed by atoms with Gasteiger partial charge >= 0.3 is 0 Å². The molecule has 0 aliphatic carbocycles. The summed E-state index contributed by atoms with van der Waals surface area (Å²) >= 11 is 0. The van der Waals surface area contributed by atoms with Crippen molar-refractivity contribution in [2.24, 2.45) is 10.8 Å². The zero-order chi connectivity index (χ0) is 19.1. The molecule has 1 unspecified atom stereocenters. The topological polar surface area (TPSA) is 37.3 Å². The Balaban J connectivity index is -0.000000138. The molecule has 0 saturated heterocycles. The van der Waals surface area contributed by atoms with Crippen molar-refractivity contribution in [2.75, 3.05) is 13.3 Å². The minimum Gasteiger partial charge on any atom is -0.393 e. The van der Waals surface area contributed by atoms with E-state index < -0.39 is 0 Å². The Bertz CT molecular complexity index is 262. The van der Waals surface area contributed by atoms with Crippen molar-refractivity contribution < 1.29 is 9.90 Å². The average molecular weight is 365 g/mol. The molecule has 2 nitrogen and oxygen atoms in total. The number of carbonyl (C=O) groups is 1. The Labute approximate surface area is 156 Å². The van der Waals surface area contributed by atoms with E-state index >= 15 is 0 Å². The average Bonchev–Trinajstić information content (AvgIpc) is 2.41. The summed E-state index contributed by atoms with van der Waals surface area (Å²) in [6.07, 6.45) is 6.02. The highest BCUT2D eigenvalue weighted by atomic mass is 31.1. The zero-order valence-corrected chi connectivity index (χ0v) is 18.7. The lowest BCUT2D eigenvalue weighted by Gasteiger charge is -2.25. The van der Waals surface area contributed by atoms with Gasteiger partial charge < -0.3 is 5.11 Å². The molecule has 0 fully saturated rings. The van der Waals surface area contributed by atoms with Crippen LogP contribution in [0.1, 0.15) is 101 Å². The molecular weight excluding hydrogens is 315 g/mol. The summed E-state index contributed by atoms with van der Waals surface area (Å²) in [5.41, 5.74) is -0.0651. The number of hydrogen-bond donors (Lipinski definition) is 1. The SMILES string of the molecule is C.CCCCC(=O)C(C)(C)C.CCCCC(O)C(C)(C)C.CPC. The predicted molar refractivity (Wildman–Crippen MR) is 116 cm³/mol. The third-order valence-electron chi connectivity index (χ3n) is 3.42. The molecule has 0 aliphatic rings. The summed E-state index contributed by atoms with van der Waals surface area (Å²) in [4.78, 5) is 11.2. The normalized spacial score (nSPS) is 12.0. The molecule has 0 amide bonds. The van der Waals surface area contributed by atoms with E-state index in [9.17, 15) is 9.90 Å². The van der Waals surface area contributed by atoms with E-state index in [1.165, 1.54) is 6.42 Å². The van der Waals surface area contributed by atoms with Crippen LogP contribution in [0.4, 0.5) is 0 Å². The van der Waals surface area contributed by atoms with Crippen LogP contribution < -0.4 is 0 Å². The van der Waals surface area contributed by atoms with E-state index in [1.807, 2.05) is 20.8 Å². The number of Topliss-reactive ketones (excluding diaryl/α,β-unsaturated/α-hetero) is 1. The van der Waals surface area contributed by atoms with Crippen LogP contribution in [0.15, 0.2) is 0 Å². The molecule has 0 aromatic heterocycles. The summed E-state index contributed by atoms with van der Waals surface area (Å²) in [5, 5.41) is 9.52. The number of aliphatic hydroxyl groups is 1. The molecular formula is C21H49O2P. The summed E-state index contributed by atoms with van der Waals surface area (Å²) in [6.45, 7) is 20.7. The standard InChI is InChI=1S/C9H20O.C9H18O.C2H7P.CH4/c2*1-5-6-7-8(10)9(2,3)4;1-3-2;/h8,10H,5-7H2,1-4H3;5-7H2,1-4H3;3H,1-2H3;1H4. The molecule has 0 aliphatic heterocycles. The van der Waals surface area contributed by atoms with Crippen LogP contribution in [0.5, 0.6) is 0 Å². The van der Waals surface area contributed by atoms with Gasteiger partial charge in [0.1, 0.15) is 5.78 Å². The Kier molecular flexibility index (Phi) is 23.7. The number of hydrogen-bond acceptors (Lipinski definition) is 2. The van der Waals surface area contributed by atoms with Gasteiger partial charge in [0.2, 0.25) is 0 Å². The fourth-order valence-electron chi connectivity index (χ4n) is 1.54. The first-order valence-electron chi connectivity index (χ1n) is 9.18.